The van der Waals surface area contributed by atoms with Crippen LogP contribution in [0.5, 0.6) is 0 Å². The van der Waals surface area contributed by atoms with Crippen molar-refractivity contribution in [2.75, 3.05) is 7.11 Å². The highest BCUT2D eigenvalue weighted by Gasteiger charge is 2.10. The number of carbonyl (C=O) groups is 1. The van der Waals surface area contributed by atoms with E-state index in [1.54, 1.807) is 30.3 Å². The van der Waals surface area contributed by atoms with E-state index in [2.05, 4.69) is 4.74 Å². The number of benzene rings is 1. The Balaban J connectivity index is 2.32. The van der Waals surface area contributed by atoms with Crippen LogP contribution in [0.4, 0.5) is 0 Å². The van der Waals surface area contributed by atoms with E-state index in [4.69, 9.17) is 21.3 Å². The second kappa shape index (κ2) is 6.09. The Morgan fingerprint density at radius 2 is 2.20 bits per heavy atom. The Morgan fingerprint density at radius 1 is 1.40 bits per heavy atom. The van der Waals surface area contributed by atoms with Gasteiger partial charge in [-0.3, -0.25) is 0 Å². The molecular formula is C15H10ClNO3. The van der Waals surface area contributed by atoms with Crippen LogP contribution >= 0.6 is 11.6 Å². The van der Waals surface area contributed by atoms with Gasteiger partial charge in [-0.05, 0) is 24.3 Å². The molecule has 100 valence electrons. The molecule has 20 heavy (non-hydrogen) atoms. The van der Waals surface area contributed by atoms with Crippen molar-refractivity contribution in [1.29, 1.82) is 5.26 Å². The zero-order chi connectivity index (χ0) is 14.5. The summed E-state index contributed by atoms with van der Waals surface area (Å²) < 4.78 is 10.1. The van der Waals surface area contributed by atoms with Crippen molar-refractivity contribution in [2.24, 2.45) is 0 Å². The van der Waals surface area contributed by atoms with Crippen molar-refractivity contribution in [3.63, 3.8) is 0 Å². The van der Waals surface area contributed by atoms with Gasteiger partial charge >= 0.3 is 5.97 Å². The molecule has 0 aliphatic heterocycles. The second-order valence-corrected chi connectivity index (χ2v) is 4.31. The van der Waals surface area contributed by atoms with E-state index in [-0.39, 0.29) is 5.57 Å². The normalized spacial score (nSPS) is 10.9. The fourth-order valence-corrected chi connectivity index (χ4v) is 1.81. The third kappa shape index (κ3) is 3.08. The first-order valence-corrected chi connectivity index (χ1v) is 6.07. The number of hydrogen-bond acceptors (Lipinski definition) is 4. The van der Waals surface area contributed by atoms with Crippen molar-refractivity contribution >= 4 is 23.6 Å². The topological polar surface area (TPSA) is 63.2 Å². The molecule has 0 aliphatic rings. The molecule has 0 saturated carbocycles. The third-order valence-corrected chi connectivity index (χ3v) is 2.78. The fraction of sp³-hybridized carbons (Fsp3) is 0.0667. The van der Waals surface area contributed by atoms with Crippen molar-refractivity contribution < 1.29 is 13.9 Å². The molecule has 1 heterocycles. The van der Waals surface area contributed by atoms with Crippen LogP contribution in [0.15, 0.2) is 46.4 Å². The molecule has 0 unspecified atom stereocenters. The smallest absolute Gasteiger partial charge is 0.348 e. The third-order valence-electron chi connectivity index (χ3n) is 2.55. The molecule has 0 radical (unpaired) electrons. The van der Waals surface area contributed by atoms with Crippen LogP contribution in [0, 0.1) is 11.3 Å². The number of hydrogen-bond donors (Lipinski definition) is 0. The van der Waals surface area contributed by atoms with E-state index >= 15 is 0 Å². The van der Waals surface area contributed by atoms with E-state index in [0.717, 1.165) is 5.56 Å². The van der Waals surface area contributed by atoms with E-state index < -0.39 is 5.97 Å². The summed E-state index contributed by atoms with van der Waals surface area (Å²) >= 11 is 5.91. The summed E-state index contributed by atoms with van der Waals surface area (Å²) in [6, 6.07) is 12.4. The molecule has 1 aromatic carbocycles. The molecule has 0 atom stereocenters. The number of nitriles is 1. The van der Waals surface area contributed by atoms with Gasteiger partial charge in [-0.15, -0.1) is 0 Å². The van der Waals surface area contributed by atoms with E-state index in [0.29, 0.717) is 16.5 Å². The predicted molar refractivity (Wildman–Crippen MR) is 74.8 cm³/mol. The Labute approximate surface area is 120 Å². The van der Waals surface area contributed by atoms with Gasteiger partial charge in [0.25, 0.3) is 0 Å². The van der Waals surface area contributed by atoms with E-state index in [1.807, 2.05) is 12.1 Å². The number of halogens is 1. The lowest BCUT2D eigenvalue weighted by Crippen LogP contribution is -2.02. The lowest BCUT2D eigenvalue weighted by molar-refractivity contribution is -0.135. The van der Waals surface area contributed by atoms with Crippen molar-refractivity contribution in [3.05, 3.63) is 52.8 Å². The van der Waals surface area contributed by atoms with E-state index in [1.165, 1.54) is 13.2 Å². The molecule has 5 heteroatoms. The van der Waals surface area contributed by atoms with Gasteiger partial charge in [0.1, 0.15) is 23.2 Å². The fourth-order valence-electron chi connectivity index (χ4n) is 1.62. The predicted octanol–water partition coefficient (Wildman–Crippen LogP) is 3.68. The average Bonchev–Trinajstić information content (AvgIpc) is 2.92. The maximum absolute atomic E-state index is 11.3. The zero-order valence-corrected chi connectivity index (χ0v) is 11.3. The highest BCUT2D eigenvalue weighted by atomic mass is 35.5. The molecule has 0 amide bonds. The summed E-state index contributed by atoms with van der Waals surface area (Å²) in [5.41, 5.74) is 0.688. The number of methoxy groups -OCH3 is 1. The molecule has 0 spiro atoms. The molecule has 0 saturated heterocycles. The minimum atomic E-state index is -0.701. The molecule has 0 fully saturated rings. The molecule has 2 aromatic rings. The highest BCUT2D eigenvalue weighted by molar-refractivity contribution is 6.30. The molecule has 4 nitrogen and oxygen atoms in total. The zero-order valence-electron chi connectivity index (χ0n) is 10.6. The van der Waals surface area contributed by atoms with Gasteiger partial charge in [0.15, 0.2) is 0 Å². The minimum Gasteiger partial charge on any atom is -0.465 e. The van der Waals surface area contributed by atoms with Crippen molar-refractivity contribution in [1.82, 2.24) is 0 Å². The first-order valence-electron chi connectivity index (χ1n) is 5.70. The van der Waals surface area contributed by atoms with Gasteiger partial charge in [0.2, 0.25) is 0 Å². The van der Waals surface area contributed by atoms with E-state index in [9.17, 15) is 4.79 Å². The first-order chi connectivity index (χ1) is 9.63. The average molecular weight is 288 g/mol. The van der Waals surface area contributed by atoms with Crippen molar-refractivity contribution in [3.8, 4) is 17.4 Å². The number of furan rings is 1. The van der Waals surface area contributed by atoms with Crippen LogP contribution in [0.25, 0.3) is 17.4 Å². The summed E-state index contributed by atoms with van der Waals surface area (Å²) in [6.45, 7) is 0. The number of esters is 1. The molecule has 1 aromatic heterocycles. The first kappa shape index (κ1) is 13.9. The lowest BCUT2D eigenvalue weighted by Gasteiger charge is -1.97. The van der Waals surface area contributed by atoms with Crippen LogP contribution in [0.3, 0.4) is 0 Å². The maximum atomic E-state index is 11.3. The van der Waals surface area contributed by atoms with Gasteiger partial charge < -0.3 is 9.15 Å². The number of ether oxygens (including phenoxy) is 1. The van der Waals surface area contributed by atoms with Crippen molar-refractivity contribution in [2.45, 2.75) is 0 Å². The summed E-state index contributed by atoms with van der Waals surface area (Å²) in [6.07, 6.45) is 1.33. The van der Waals surface area contributed by atoms with Crippen LogP contribution in [0.2, 0.25) is 5.02 Å². The Morgan fingerprint density at radius 3 is 2.85 bits per heavy atom. The molecular weight excluding hydrogens is 278 g/mol. The van der Waals surface area contributed by atoms with Crippen LogP contribution < -0.4 is 0 Å². The summed E-state index contributed by atoms with van der Waals surface area (Å²) in [4.78, 5) is 11.3. The van der Waals surface area contributed by atoms with Gasteiger partial charge in [-0.25, -0.2) is 4.79 Å². The van der Waals surface area contributed by atoms with Gasteiger partial charge in [-0.2, -0.15) is 5.26 Å². The van der Waals surface area contributed by atoms with Gasteiger partial charge in [0, 0.05) is 16.7 Å². The largest absolute Gasteiger partial charge is 0.465 e. The summed E-state index contributed by atoms with van der Waals surface area (Å²) in [5, 5.41) is 9.47. The summed E-state index contributed by atoms with van der Waals surface area (Å²) in [5.74, 6) is 0.288. The van der Waals surface area contributed by atoms with Gasteiger partial charge in [-0.1, -0.05) is 23.7 Å². The quantitative estimate of drug-likeness (QED) is 0.491. The molecule has 0 N–H and O–H groups in total. The second-order valence-electron chi connectivity index (χ2n) is 3.87. The standard InChI is InChI=1S/C15H10ClNO3/c1-19-15(18)11(9-17)8-13-5-6-14(20-13)10-3-2-4-12(16)7-10/h2-8H,1H3/b11-8+. The molecule has 2 rings (SSSR count). The lowest BCUT2D eigenvalue weighted by atomic mass is 10.2. The van der Waals surface area contributed by atoms with Crippen LogP contribution in [0.1, 0.15) is 5.76 Å². The summed E-state index contributed by atoms with van der Waals surface area (Å²) in [7, 11) is 1.22. The Hall–Kier alpha value is -2.51. The maximum Gasteiger partial charge on any atom is 0.348 e. The minimum absolute atomic E-state index is 0.125. The number of carbonyl (C=O) groups excluding carboxylic acids is 1. The Kier molecular flexibility index (Phi) is 4.24. The molecule has 0 bridgehead atoms. The van der Waals surface area contributed by atoms with Crippen LogP contribution in [-0.4, -0.2) is 13.1 Å². The number of nitrogens with zero attached hydrogens (tertiary/aromatic N) is 1. The Bertz CT molecular complexity index is 710. The molecule has 0 aliphatic carbocycles. The number of rotatable bonds is 3. The van der Waals surface area contributed by atoms with Gasteiger partial charge in [0.05, 0.1) is 7.11 Å². The SMILES string of the molecule is COC(=O)/C(C#N)=C/c1ccc(-c2cccc(Cl)c2)o1. The monoisotopic (exact) mass is 287 g/mol. The van der Waals surface area contributed by atoms with Crippen LogP contribution in [-0.2, 0) is 9.53 Å². The highest BCUT2D eigenvalue weighted by Crippen LogP contribution is 2.25.